The van der Waals surface area contributed by atoms with E-state index >= 15 is 0 Å². The second kappa shape index (κ2) is 7.09. The van der Waals surface area contributed by atoms with Crippen molar-refractivity contribution in [2.45, 2.75) is 50.9 Å². The fourth-order valence-corrected chi connectivity index (χ4v) is 3.35. The van der Waals surface area contributed by atoms with Crippen LogP contribution in [0.15, 0.2) is 4.52 Å². The van der Waals surface area contributed by atoms with Crippen LogP contribution >= 0.6 is 11.8 Å². The first-order chi connectivity index (χ1) is 9.70. The lowest BCUT2D eigenvalue weighted by Gasteiger charge is -2.37. The lowest BCUT2D eigenvalue weighted by atomic mass is 9.78. The van der Waals surface area contributed by atoms with Crippen LogP contribution in [0.3, 0.4) is 0 Å². The quantitative estimate of drug-likeness (QED) is 0.750. The lowest BCUT2D eigenvalue weighted by Crippen LogP contribution is -2.36. The number of aromatic nitrogens is 2. The number of thioether (sulfide) groups is 1. The minimum absolute atomic E-state index is 0.381. The lowest BCUT2D eigenvalue weighted by molar-refractivity contribution is -0.0891. The summed E-state index contributed by atoms with van der Waals surface area (Å²) in [6, 6.07) is 2.09. The third-order valence-corrected chi connectivity index (χ3v) is 4.43. The number of hydrogen-bond donors (Lipinski definition) is 0. The van der Waals surface area contributed by atoms with Crippen molar-refractivity contribution >= 4 is 11.8 Å². The average Bonchev–Trinajstić information content (AvgIpc) is 2.89. The van der Waals surface area contributed by atoms with Crippen LogP contribution in [0.25, 0.3) is 0 Å². The molecular formula is C14H21N3O2S. The van der Waals surface area contributed by atoms with Crippen molar-refractivity contribution in [3.8, 4) is 6.07 Å². The highest BCUT2D eigenvalue weighted by Gasteiger charge is 2.41. The Morgan fingerprint density at radius 2 is 2.45 bits per heavy atom. The van der Waals surface area contributed by atoms with E-state index in [-0.39, 0.29) is 5.60 Å². The Balaban J connectivity index is 2.11. The first kappa shape index (κ1) is 15.3. The predicted octanol–water partition coefficient (Wildman–Crippen LogP) is 3.27. The first-order valence-electron chi connectivity index (χ1n) is 7.12. The number of nitriles is 1. The van der Waals surface area contributed by atoms with Gasteiger partial charge in [-0.3, -0.25) is 0 Å². The molecule has 20 heavy (non-hydrogen) atoms. The zero-order chi connectivity index (χ0) is 14.4. The van der Waals surface area contributed by atoms with E-state index < -0.39 is 0 Å². The molecule has 1 aromatic rings. The molecule has 0 spiro atoms. The van der Waals surface area contributed by atoms with Gasteiger partial charge in [0.1, 0.15) is 5.60 Å². The molecule has 2 atom stereocenters. The first-order valence-corrected chi connectivity index (χ1v) is 8.27. The molecule has 1 aromatic heterocycles. The Hall–Kier alpha value is -1.06. The van der Waals surface area contributed by atoms with Crippen molar-refractivity contribution in [2.24, 2.45) is 5.92 Å². The molecule has 1 aliphatic carbocycles. The van der Waals surface area contributed by atoms with Gasteiger partial charge in [0.05, 0.1) is 17.6 Å². The van der Waals surface area contributed by atoms with Gasteiger partial charge in [0.15, 0.2) is 0 Å². The number of rotatable bonds is 6. The molecule has 5 nitrogen and oxygen atoms in total. The molecule has 0 aliphatic heterocycles. The smallest absolute Gasteiger partial charge is 0.236 e. The monoisotopic (exact) mass is 295 g/mol. The van der Waals surface area contributed by atoms with E-state index in [1.54, 1.807) is 0 Å². The maximum Gasteiger partial charge on any atom is 0.236 e. The van der Waals surface area contributed by atoms with Gasteiger partial charge in [-0.1, -0.05) is 18.5 Å². The average molecular weight is 295 g/mol. The van der Waals surface area contributed by atoms with E-state index in [9.17, 15) is 0 Å². The second-order valence-corrected chi connectivity index (χ2v) is 6.28. The fourth-order valence-electron chi connectivity index (χ4n) is 2.86. The Labute approximate surface area is 124 Å². The summed E-state index contributed by atoms with van der Waals surface area (Å²) < 4.78 is 11.3. The maximum atomic E-state index is 8.54. The van der Waals surface area contributed by atoms with Crippen molar-refractivity contribution in [3.63, 3.8) is 0 Å². The zero-order valence-electron chi connectivity index (χ0n) is 12.1. The zero-order valence-corrected chi connectivity index (χ0v) is 12.9. The summed E-state index contributed by atoms with van der Waals surface area (Å²) >= 11 is 1.48. The normalized spacial score (nSPS) is 26.4. The molecule has 0 amide bonds. The fraction of sp³-hybridized carbons (Fsp3) is 0.786. The van der Waals surface area contributed by atoms with Gasteiger partial charge < -0.3 is 9.26 Å². The van der Waals surface area contributed by atoms with Gasteiger partial charge >= 0.3 is 0 Å². The summed E-state index contributed by atoms with van der Waals surface area (Å²) in [6.45, 7) is 4.90. The highest BCUT2D eigenvalue weighted by Crippen LogP contribution is 2.41. The van der Waals surface area contributed by atoms with Crippen LogP contribution in [0.2, 0.25) is 0 Å². The molecule has 1 fully saturated rings. The van der Waals surface area contributed by atoms with Crippen LogP contribution in [0.4, 0.5) is 0 Å². The molecule has 0 aromatic carbocycles. The summed E-state index contributed by atoms with van der Waals surface area (Å²) in [6.07, 6.45) is 4.27. The molecule has 1 aliphatic rings. The van der Waals surface area contributed by atoms with Gasteiger partial charge in [-0.2, -0.15) is 10.2 Å². The van der Waals surface area contributed by atoms with Gasteiger partial charge in [0.25, 0.3) is 0 Å². The van der Waals surface area contributed by atoms with E-state index in [1.165, 1.54) is 18.2 Å². The molecule has 6 heteroatoms. The van der Waals surface area contributed by atoms with E-state index in [0.29, 0.717) is 35.7 Å². The van der Waals surface area contributed by atoms with Crippen molar-refractivity contribution in [3.05, 3.63) is 11.7 Å². The van der Waals surface area contributed by atoms with Gasteiger partial charge in [0.2, 0.25) is 11.7 Å². The van der Waals surface area contributed by atoms with E-state index in [2.05, 4.69) is 23.1 Å². The summed E-state index contributed by atoms with van der Waals surface area (Å²) in [7, 11) is 0. The minimum Gasteiger partial charge on any atom is -0.367 e. The SMILES string of the molecule is CCOC1(c2noc(CSCC#N)n2)CCCC(C)C1. The molecule has 110 valence electrons. The van der Waals surface area contributed by atoms with Crippen LogP contribution in [0.1, 0.15) is 51.2 Å². The Morgan fingerprint density at radius 3 is 3.15 bits per heavy atom. The van der Waals surface area contributed by atoms with Crippen molar-refractivity contribution in [1.82, 2.24) is 10.1 Å². The van der Waals surface area contributed by atoms with Crippen molar-refractivity contribution in [1.29, 1.82) is 5.26 Å². The van der Waals surface area contributed by atoms with Crippen molar-refractivity contribution < 1.29 is 9.26 Å². The maximum absolute atomic E-state index is 8.54. The third-order valence-electron chi connectivity index (χ3n) is 3.64. The van der Waals surface area contributed by atoms with Crippen LogP contribution in [-0.2, 0) is 16.1 Å². The predicted molar refractivity (Wildman–Crippen MR) is 77.0 cm³/mol. The molecule has 2 rings (SSSR count). The van der Waals surface area contributed by atoms with Crippen LogP contribution in [-0.4, -0.2) is 22.5 Å². The highest BCUT2D eigenvalue weighted by atomic mass is 32.2. The van der Waals surface area contributed by atoms with E-state index in [0.717, 1.165) is 19.3 Å². The molecule has 1 heterocycles. The molecule has 0 bridgehead atoms. The van der Waals surface area contributed by atoms with Crippen LogP contribution < -0.4 is 0 Å². The summed E-state index contributed by atoms with van der Waals surface area (Å²) in [5, 5.41) is 12.7. The van der Waals surface area contributed by atoms with Gasteiger partial charge in [-0.15, -0.1) is 11.8 Å². The van der Waals surface area contributed by atoms with Gasteiger partial charge in [0, 0.05) is 6.61 Å². The summed E-state index contributed by atoms with van der Waals surface area (Å²) in [5.41, 5.74) is -0.381. The van der Waals surface area contributed by atoms with E-state index in [4.69, 9.17) is 14.5 Å². The molecule has 0 saturated heterocycles. The van der Waals surface area contributed by atoms with Crippen LogP contribution in [0, 0.1) is 17.2 Å². The Bertz CT molecular complexity index is 467. The van der Waals surface area contributed by atoms with Gasteiger partial charge in [-0.25, -0.2) is 0 Å². The Morgan fingerprint density at radius 1 is 1.60 bits per heavy atom. The molecule has 1 saturated carbocycles. The molecule has 0 radical (unpaired) electrons. The number of hydrogen-bond acceptors (Lipinski definition) is 6. The highest BCUT2D eigenvalue weighted by molar-refractivity contribution is 7.98. The van der Waals surface area contributed by atoms with Crippen LogP contribution in [0.5, 0.6) is 0 Å². The third kappa shape index (κ3) is 3.53. The minimum atomic E-state index is -0.381. The molecule has 2 unspecified atom stereocenters. The molecular weight excluding hydrogens is 274 g/mol. The van der Waals surface area contributed by atoms with E-state index in [1.807, 2.05) is 6.92 Å². The van der Waals surface area contributed by atoms with Gasteiger partial charge in [-0.05, 0) is 32.1 Å². The topological polar surface area (TPSA) is 71.9 Å². The summed E-state index contributed by atoms with van der Waals surface area (Å²) in [5.74, 6) is 2.89. The largest absolute Gasteiger partial charge is 0.367 e. The Kier molecular flexibility index (Phi) is 5.44. The number of nitrogens with zero attached hydrogens (tertiary/aromatic N) is 3. The standard InChI is InChI=1S/C14H21N3O2S/c1-3-18-14(6-4-5-11(2)9-14)13-16-12(19-17-13)10-20-8-7-15/h11H,3-6,8-10H2,1-2H3. The second-order valence-electron chi connectivity index (χ2n) is 5.29. The molecule has 0 N–H and O–H groups in total. The number of ether oxygens (including phenoxy) is 1. The summed E-state index contributed by atoms with van der Waals surface area (Å²) in [4.78, 5) is 4.50. The van der Waals surface area contributed by atoms with Crippen molar-refractivity contribution in [2.75, 3.05) is 12.4 Å².